The smallest absolute Gasteiger partial charge is 0.410 e. The van der Waals surface area contributed by atoms with Gasteiger partial charge < -0.3 is 14.5 Å². The van der Waals surface area contributed by atoms with Crippen LogP contribution in [0.4, 0.5) is 4.79 Å². The van der Waals surface area contributed by atoms with Gasteiger partial charge in [-0.1, -0.05) is 44.2 Å². The summed E-state index contributed by atoms with van der Waals surface area (Å²) in [7, 11) is 0. The van der Waals surface area contributed by atoms with E-state index in [9.17, 15) is 4.79 Å². The van der Waals surface area contributed by atoms with Gasteiger partial charge in [-0.2, -0.15) is 0 Å². The van der Waals surface area contributed by atoms with Gasteiger partial charge >= 0.3 is 6.09 Å². The minimum atomic E-state index is -0.446. The number of carbonyl (C=O) groups is 1. The van der Waals surface area contributed by atoms with Crippen LogP contribution in [0.25, 0.3) is 0 Å². The average Bonchev–Trinajstić information content (AvgIpc) is 2.88. The van der Waals surface area contributed by atoms with Crippen LogP contribution >= 0.6 is 0 Å². The quantitative estimate of drug-likeness (QED) is 0.753. The summed E-state index contributed by atoms with van der Waals surface area (Å²) >= 11 is 0. The molecule has 1 aromatic carbocycles. The highest BCUT2D eigenvalue weighted by atomic mass is 16.6. The number of nitrogens with zero attached hydrogens (tertiary/aromatic N) is 3. The van der Waals surface area contributed by atoms with Gasteiger partial charge in [0.2, 0.25) is 0 Å². The summed E-state index contributed by atoms with van der Waals surface area (Å²) in [5, 5.41) is 0. The lowest BCUT2D eigenvalue weighted by atomic mass is 10.0. The molecule has 1 unspecified atom stereocenters. The number of hydrogen-bond donors (Lipinski definition) is 0. The Morgan fingerprint density at radius 1 is 1.07 bits per heavy atom. The number of hydrogen-bond acceptors (Lipinski definition) is 4. The maximum Gasteiger partial charge on any atom is 0.410 e. The van der Waals surface area contributed by atoms with Crippen LogP contribution < -0.4 is 0 Å². The molecule has 2 rings (SSSR count). The van der Waals surface area contributed by atoms with E-state index in [4.69, 9.17) is 4.74 Å². The van der Waals surface area contributed by atoms with Crippen LogP contribution in [0.15, 0.2) is 30.3 Å². The van der Waals surface area contributed by atoms with Gasteiger partial charge in [-0.05, 0) is 45.8 Å². The molecule has 1 aliphatic heterocycles. The molecule has 5 heteroatoms. The van der Waals surface area contributed by atoms with E-state index in [0.717, 1.165) is 52.2 Å². The molecular formula is C22H37N3O2. The van der Waals surface area contributed by atoms with Crippen molar-refractivity contribution in [3.8, 4) is 0 Å². The van der Waals surface area contributed by atoms with Crippen molar-refractivity contribution in [2.45, 2.75) is 52.7 Å². The lowest BCUT2D eigenvalue weighted by Crippen LogP contribution is -2.41. The number of amides is 1. The first-order chi connectivity index (χ1) is 12.8. The molecule has 0 aliphatic carbocycles. The number of benzene rings is 1. The zero-order valence-corrected chi connectivity index (χ0v) is 17.8. The summed E-state index contributed by atoms with van der Waals surface area (Å²) in [5.74, 6) is 0. The van der Waals surface area contributed by atoms with Crippen molar-refractivity contribution in [2.24, 2.45) is 0 Å². The summed E-state index contributed by atoms with van der Waals surface area (Å²) in [6, 6.07) is 11.1. The highest BCUT2D eigenvalue weighted by Gasteiger charge is 2.28. The number of carbonyl (C=O) groups excluding carboxylic acids is 1. The second kappa shape index (κ2) is 10.1. The molecular weight excluding hydrogens is 338 g/mol. The topological polar surface area (TPSA) is 36.0 Å². The Hall–Kier alpha value is -1.59. The zero-order chi connectivity index (χ0) is 19.9. The fraction of sp³-hybridized carbons (Fsp3) is 0.682. The van der Waals surface area contributed by atoms with E-state index in [1.54, 1.807) is 0 Å². The van der Waals surface area contributed by atoms with Gasteiger partial charge in [0.1, 0.15) is 5.60 Å². The molecule has 1 amide bonds. The molecule has 27 heavy (non-hydrogen) atoms. The maximum atomic E-state index is 12.5. The third kappa shape index (κ3) is 6.82. The van der Waals surface area contributed by atoms with Crippen LogP contribution in [-0.2, 0) is 4.74 Å². The van der Waals surface area contributed by atoms with E-state index in [2.05, 4.69) is 54.0 Å². The molecule has 1 saturated heterocycles. The number of likely N-dealkylation sites (N-methyl/N-ethyl adjacent to an activating group) is 1. The normalized spacial score (nSPS) is 17.6. The van der Waals surface area contributed by atoms with Crippen LogP contribution in [0.5, 0.6) is 0 Å². The van der Waals surface area contributed by atoms with Crippen LogP contribution in [-0.4, -0.2) is 72.2 Å². The highest BCUT2D eigenvalue weighted by Crippen LogP contribution is 2.24. The number of rotatable bonds is 6. The third-order valence-corrected chi connectivity index (χ3v) is 5.13. The minimum absolute atomic E-state index is 0.190. The molecule has 1 aliphatic rings. The van der Waals surface area contributed by atoms with Crippen molar-refractivity contribution in [1.82, 2.24) is 14.7 Å². The third-order valence-electron chi connectivity index (χ3n) is 5.13. The molecule has 152 valence electrons. The molecule has 1 aromatic rings. The first kappa shape index (κ1) is 21.7. The maximum absolute atomic E-state index is 12.5. The van der Waals surface area contributed by atoms with E-state index in [1.807, 2.05) is 25.7 Å². The van der Waals surface area contributed by atoms with Crippen molar-refractivity contribution in [2.75, 3.05) is 45.8 Å². The molecule has 0 spiro atoms. The number of ether oxygens (including phenoxy) is 1. The SMILES string of the molecule is CCN(CC)CC(c1ccccc1)N1CCCN(C(=O)OC(C)(C)C)CC1. The Labute approximate surface area is 165 Å². The van der Waals surface area contributed by atoms with Crippen molar-refractivity contribution < 1.29 is 9.53 Å². The second-order valence-electron chi connectivity index (χ2n) is 8.27. The first-order valence-electron chi connectivity index (χ1n) is 10.3. The van der Waals surface area contributed by atoms with Crippen molar-refractivity contribution >= 4 is 6.09 Å². The molecule has 1 atom stereocenters. The van der Waals surface area contributed by atoms with E-state index in [-0.39, 0.29) is 6.09 Å². The lowest BCUT2D eigenvalue weighted by molar-refractivity contribution is 0.0253. The molecule has 1 heterocycles. The van der Waals surface area contributed by atoms with Crippen LogP contribution in [0.1, 0.15) is 52.6 Å². The van der Waals surface area contributed by atoms with E-state index >= 15 is 0 Å². The summed E-state index contributed by atoms with van der Waals surface area (Å²) < 4.78 is 5.57. The van der Waals surface area contributed by atoms with E-state index in [0.29, 0.717) is 6.04 Å². The predicted octanol–water partition coefficient (Wildman–Crippen LogP) is 4.01. The van der Waals surface area contributed by atoms with Gasteiger partial charge in [0.05, 0.1) is 0 Å². The predicted molar refractivity (Wildman–Crippen MR) is 111 cm³/mol. The van der Waals surface area contributed by atoms with Gasteiger partial charge in [0.15, 0.2) is 0 Å². The first-order valence-corrected chi connectivity index (χ1v) is 10.3. The second-order valence-corrected chi connectivity index (χ2v) is 8.27. The summed E-state index contributed by atoms with van der Waals surface area (Å²) in [6.07, 6.45) is 0.783. The average molecular weight is 376 g/mol. The van der Waals surface area contributed by atoms with Crippen molar-refractivity contribution in [3.05, 3.63) is 35.9 Å². The van der Waals surface area contributed by atoms with Gasteiger partial charge in [-0.15, -0.1) is 0 Å². The summed E-state index contributed by atoms with van der Waals surface area (Å²) in [5.41, 5.74) is 0.911. The lowest BCUT2D eigenvalue weighted by Gasteiger charge is -2.34. The molecule has 5 nitrogen and oxygen atoms in total. The molecule has 0 bridgehead atoms. The monoisotopic (exact) mass is 375 g/mol. The molecule has 0 saturated carbocycles. The fourth-order valence-corrected chi connectivity index (χ4v) is 3.59. The van der Waals surface area contributed by atoms with Crippen LogP contribution in [0.3, 0.4) is 0 Å². The van der Waals surface area contributed by atoms with Gasteiger partial charge in [-0.3, -0.25) is 4.90 Å². The molecule has 0 radical (unpaired) electrons. The Kier molecular flexibility index (Phi) is 8.11. The standard InChI is InChI=1S/C22H37N3O2/c1-6-23(7-2)18-20(19-12-9-8-10-13-19)24-14-11-15-25(17-16-24)21(26)27-22(3,4)5/h8-10,12-13,20H,6-7,11,14-18H2,1-5H3. The largest absolute Gasteiger partial charge is 0.444 e. The van der Waals surface area contributed by atoms with Crippen molar-refractivity contribution in [1.29, 1.82) is 0 Å². The Morgan fingerprint density at radius 3 is 2.33 bits per heavy atom. The molecule has 1 fully saturated rings. The van der Waals surface area contributed by atoms with E-state index < -0.39 is 5.60 Å². The van der Waals surface area contributed by atoms with Crippen LogP contribution in [0, 0.1) is 0 Å². The van der Waals surface area contributed by atoms with Gasteiger partial charge in [0, 0.05) is 38.8 Å². The summed E-state index contributed by atoms with van der Waals surface area (Å²) in [6.45, 7) is 16.7. The fourth-order valence-electron chi connectivity index (χ4n) is 3.59. The van der Waals surface area contributed by atoms with E-state index in [1.165, 1.54) is 5.56 Å². The summed E-state index contributed by atoms with van der Waals surface area (Å²) in [4.78, 5) is 19.3. The van der Waals surface area contributed by atoms with Gasteiger partial charge in [-0.25, -0.2) is 4.79 Å². The van der Waals surface area contributed by atoms with Crippen LogP contribution in [0.2, 0.25) is 0 Å². The Bertz CT molecular complexity index is 567. The highest BCUT2D eigenvalue weighted by molar-refractivity contribution is 5.68. The Morgan fingerprint density at radius 2 is 1.74 bits per heavy atom. The van der Waals surface area contributed by atoms with Crippen molar-refractivity contribution in [3.63, 3.8) is 0 Å². The van der Waals surface area contributed by atoms with Gasteiger partial charge in [0.25, 0.3) is 0 Å². The molecule has 0 N–H and O–H groups in total. The zero-order valence-electron chi connectivity index (χ0n) is 17.8. The minimum Gasteiger partial charge on any atom is -0.444 e. The Balaban J connectivity index is 2.09. The molecule has 0 aromatic heterocycles.